The summed E-state index contributed by atoms with van der Waals surface area (Å²) in [5, 5.41) is 0. The van der Waals surface area contributed by atoms with Crippen LogP contribution in [0.25, 0.3) is 0 Å². The van der Waals surface area contributed by atoms with Crippen LogP contribution < -0.4 is 10.6 Å². The Balaban J connectivity index is 2.84. The van der Waals surface area contributed by atoms with Crippen molar-refractivity contribution in [3.63, 3.8) is 0 Å². The number of carbonyl (C=O) groups is 1. The normalized spacial score (nSPS) is 9.94. The Hall–Kier alpha value is -1.71. The summed E-state index contributed by atoms with van der Waals surface area (Å²) in [6.07, 6.45) is 0.816. The zero-order chi connectivity index (χ0) is 12.1. The first-order valence-corrected chi connectivity index (χ1v) is 5.30. The first-order valence-electron chi connectivity index (χ1n) is 5.30. The Morgan fingerprint density at radius 1 is 1.44 bits per heavy atom. The second kappa shape index (κ2) is 5.39. The average molecular weight is 222 g/mol. The van der Waals surface area contributed by atoms with Crippen molar-refractivity contribution in [2.45, 2.75) is 13.3 Å². The van der Waals surface area contributed by atoms with Gasteiger partial charge in [-0.15, -0.1) is 0 Å². The van der Waals surface area contributed by atoms with Crippen LogP contribution in [0.2, 0.25) is 0 Å². The number of benzene rings is 1. The van der Waals surface area contributed by atoms with Crippen LogP contribution in [0.15, 0.2) is 18.2 Å². The van der Waals surface area contributed by atoms with E-state index in [9.17, 15) is 4.79 Å². The number of nitrogens with two attached hydrogens (primary N) is 1. The van der Waals surface area contributed by atoms with Crippen LogP contribution in [-0.2, 0) is 4.74 Å². The lowest BCUT2D eigenvalue weighted by molar-refractivity contribution is 0.0505. The second-order valence-corrected chi connectivity index (χ2v) is 3.80. The molecule has 0 unspecified atom stereocenters. The molecule has 0 amide bonds. The van der Waals surface area contributed by atoms with Crippen molar-refractivity contribution in [1.29, 1.82) is 0 Å². The van der Waals surface area contributed by atoms with Gasteiger partial charge in [-0.1, -0.05) is 6.92 Å². The van der Waals surface area contributed by atoms with E-state index in [-0.39, 0.29) is 5.97 Å². The second-order valence-electron chi connectivity index (χ2n) is 3.80. The lowest BCUT2D eigenvalue weighted by Gasteiger charge is -2.15. The van der Waals surface area contributed by atoms with Gasteiger partial charge in [-0.3, -0.25) is 0 Å². The van der Waals surface area contributed by atoms with E-state index in [0.717, 1.165) is 12.1 Å². The molecule has 0 saturated carbocycles. The number of hydrogen-bond acceptors (Lipinski definition) is 4. The quantitative estimate of drug-likeness (QED) is 0.624. The molecule has 2 N–H and O–H groups in total. The van der Waals surface area contributed by atoms with Gasteiger partial charge in [0, 0.05) is 14.1 Å². The molecule has 0 bridgehead atoms. The maximum absolute atomic E-state index is 11.5. The van der Waals surface area contributed by atoms with E-state index >= 15 is 0 Å². The van der Waals surface area contributed by atoms with Crippen molar-refractivity contribution in [2.75, 3.05) is 31.3 Å². The zero-order valence-corrected chi connectivity index (χ0v) is 9.99. The third-order valence-corrected chi connectivity index (χ3v) is 2.18. The summed E-state index contributed by atoms with van der Waals surface area (Å²) >= 11 is 0. The largest absolute Gasteiger partial charge is 0.462 e. The summed E-state index contributed by atoms with van der Waals surface area (Å²) in [5.41, 5.74) is 7.81. The van der Waals surface area contributed by atoms with Crippen LogP contribution in [0.1, 0.15) is 23.7 Å². The summed E-state index contributed by atoms with van der Waals surface area (Å²) in [6, 6.07) is 5.19. The molecule has 16 heavy (non-hydrogen) atoms. The molecule has 0 radical (unpaired) electrons. The summed E-state index contributed by atoms with van der Waals surface area (Å²) in [5.74, 6) is -0.321. The van der Waals surface area contributed by atoms with Crippen LogP contribution in [-0.4, -0.2) is 26.7 Å². The lowest BCUT2D eigenvalue weighted by atomic mass is 10.1. The summed E-state index contributed by atoms with van der Waals surface area (Å²) in [4.78, 5) is 13.4. The van der Waals surface area contributed by atoms with Crippen molar-refractivity contribution < 1.29 is 9.53 Å². The van der Waals surface area contributed by atoms with Gasteiger partial charge < -0.3 is 15.4 Å². The van der Waals surface area contributed by atoms with Crippen LogP contribution in [0.5, 0.6) is 0 Å². The van der Waals surface area contributed by atoms with E-state index < -0.39 is 0 Å². The third kappa shape index (κ3) is 2.89. The minimum atomic E-state index is -0.321. The van der Waals surface area contributed by atoms with Crippen LogP contribution in [0.4, 0.5) is 11.4 Å². The molecule has 0 aliphatic rings. The maximum atomic E-state index is 11.5. The van der Waals surface area contributed by atoms with Gasteiger partial charge in [0.2, 0.25) is 0 Å². The number of rotatable bonds is 4. The molecule has 4 nitrogen and oxygen atoms in total. The molecule has 0 heterocycles. The summed E-state index contributed by atoms with van der Waals surface area (Å²) in [6.45, 7) is 2.39. The fourth-order valence-electron chi connectivity index (χ4n) is 1.37. The fraction of sp³-hybridized carbons (Fsp3) is 0.417. The molecule has 1 rings (SSSR count). The molecule has 1 aromatic rings. The van der Waals surface area contributed by atoms with Crippen LogP contribution in [0, 0.1) is 0 Å². The Labute approximate surface area is 96.0 Å². The van der Waals surface area contributed by atoms with E-state index in [1.807, 2.05) is 32.0 Å². The topological polar surface area (TPSA) is 55.6 Å². The molecule has 0 atom stereocenters. The molecule has 0 spiro atoms. The van der Waals surface area contributed by atoms with Crippen molar-refractivity contribution in [2.24, 2.45) is 0 Å². The molecule has 88 valence electrons. The van der Waals surface area contributed by atoms with Gasteiger partial charge in [-0.2, -0.15) is 0 Å². The number of nitrogens with zero attached hydrogens (tertiary/aromatic N) is 1. The first kappa shape index (κ1) is 12.4. The van der Waals surface area contributed by atoms with Gasteiger partial charge in [0.05, 0.1) is 23.5 Å². The molecule has 0 aliphatic heterocycles. The minimum Gasteiger partial charge on any atom is -0.462 e. The number of anilines is 2. The van der Waals surface area contributed by atoms with E-state index in [2.05, 4.69) is 0 Å². The van der Waals surface area contributed by atoms with E-state index in [0.29, 0.717) is 17.9 Å². The summed E-state index contributed by atoms with van der Waals surface area (Å²) < 4.78 is 5.02. The lowest BCUT2D eigenvalue weighted by Crippen LogP contribution is -2.12. The van der Waals surface area contributed by atoms with E-state index in [4.69, 9.17) is 10.5 Å². The predicted octanol–water partition coefficient (Wildman–Crippen LogP) is 1.90. The number of ether oxygens (including phenoxy) is 1. The van der Waals surface area contributed by atoms with Crippen LogP contribution >= 0.6 is 0 Å². The molecular formula is C12H18N2O2. The van der Waals surface area contributed by atoms with Gasteiger partial charge in [0.1, 0.15) is 0 Å². The van der Waals surface area contributed by atoms with Crippen molar-refractivity contribution >= 4 is 17.3 Å². The molecule has 4 heteroatoms. The first-order chi connectivity index (χ1) is 7.56. The Morgan fingerprint density at radius 2 is 2.12 bits per heavy atom. The monoisotopic (exact) mass is 222 g/mol. The smallest absolute Gasteiger partial charge is 0.338 e. The van der Waals surface area contributed by atoms with Crippen LogP contribution in [0.3, 0.4) is 0 Å². The highest BCUT2D eigenvalue weighted by Crippen LogP contribution is 2.22. The Kier molecular flexibility index (Phi) is 4.17. The predicted molar refractivity (Wildman–Crippen MR) is 65.8 cm³/mol. The highest BCUT2D eigenvalue weighted by Gasteiger charge is 2.09. The van der Waals surface area contributed by atoms with E-state index in [1.165, 1.54) is 0 Å². The van der Waals surface area contributed by atoms with Gasteiger partial charge in [0.25, 0.3) is 0 Å². The molecule has 0 aromatic heterocycles. The Bertz CT molecular complexity index is 375. The highest BCUT2D eigenvalue weighted by molar-refractivity contribution is 5.92. The van der Waals surface area contributed by atoms with Crippen molar-refractivity contribution in [3.8, 4) is 0 Å². The van der Waals surface area contributed by atoms with Crippen molar-refractivity contribution in [3.05, 3.63) is 23.8 Å². The third-order valence-electron chi connectivity index (χ3n) is 2.18. The van der Waals surface area contributed by atoms with Gasteiger partial charge in [-0.05, 0) is 24.6 Å². The number of carbonyl (C=O) groups excluding carboxylic acids is 1. The number of hydrogen-bond donors (Lipinski definition) is 1. The zero-order valence-electron chi connectivity index (χ0n) is 9.99. The molecule has 0 fully saturated rings. The minimum absolute atomic E-state index is 0.321. The van der Waals surface area contributed by atoms with Crippen molar-refractivity contribution in [1.82, 2.24) is 0 Å². The van der Waals surface area contributed by atoms with Gasteiger partial charge in [0.15, 0.2) is 0 Å². The maximum Gasteiger partial charge on any atom is 0.338 e. The summed E-state index contributed by atoms with van der Waals surface area (Å²) in [7, 11) is 3.81. The average Bonchev–Trinajstić information content (AvgIpc) is 2.25. The number of esters is 1. The molecule has 0 saturated heterocycles. The standard InChI is InChI=1S/C12H18N2O2/c1-4-7-16-12(15)9-5-6-11(14(2)3)10(13)8-9/h5-6,8H,4,7,13H2,1-3H3. The SMILES string of the molecule is CCCOC(=O)c1ccc(N(C)C)c(N)c1. The Morgan fingerprint density at radius 3 is 2.62 bits per heavy atom. The van der Waals surface area contributed by atoms with Gasteiger partial charge in [-0.25, -0.2) is 4.79 Å². The van der Waals surface area contributed by atoms with E-state index in [1.54, 1.807) is 12.1 Å². The molecule has 0 aliphatic carbocycles. The highest BCUT2D eigenvalue weighted by atomic mass is 16.5. The number of nitrogen functional groups attached to an aromatic ring is 1. The van der Waals surface area contributed by atoms with Gasteiger partial charge >= 0.3 is 5.97 Å². The fourth-order valence-corrected chi connectivity index (χ4v) is 1.37. The molecule has 1 aromatic carbocycles. The molecular weight excluding hydrogens is 204 g/mol.